The van der Waals surface area contributed by atoms with Crippen molar-refractivity contribution in [3.8, 4) is 0 Å². The second kappa shape index (κ2) is 4.90. The Morgan fingerprint density at radius 2 is 2.21 bits per heavy atom. The third-order valence-electron chi connectivity index (χ3n) is 2.88. The van der Waals surface area contributed by atoms with Crippen molar-refractivity contribution >= 4 is 43.3 Å². The van der Waals surface area contributed by atoms with Crippen LogP contribution >= 0.6 is 27.3 Å². The van der Waals surface area contributed by atoms with Gasteiger partial charge in [-0.1, -0.05) is 0 Å². The molecule has 0 bridgehead atoms. The Labute approximate surface area is 122 Å². The summed E-state index contributed by atoms with van der Waals surface area (Å²) in [7, 11) is 0. The summed E-state index contributed by atoms with van der Waals surface area (Å²) in [6.45, 7) is 4.63. The highest BCUT2D eigenvalue weighted by molar-refractivity contribution is 9.11. The highest BCUT2D eigenvalue weighted by atomic mass is 79.9. The van der Waals surface area contributed by atoms with Gasteiger partial charge in [-0.3, -0.25) is 0 Å². The summed E-state index contributed by atoms with van der Waals surface area (Å²) >= 11 is 5.09. The first-order valence-corrected chi connectivity index (χ1v) is 7.40. The van der Waals surface area contributed by atoms with Gasteiger partial charge in [0.25, 0.3) is 0 Å². The number of nitrogens with one attached hydrogen (secondary N) is 2. The number of anilines is 1. The summed E-state index contributed by atoms with van der Waals surface area (Å²) in [5.74, 6) is 1.75. The van der Waals surface area contributed by atoms with Crippen molar-refractivity contribution in [1.82, 2.24) is 19.9 Å². The zero-order valence-corrected chi connectivity index (χ0v) is 12.9. The molecule has 0 spiro atoms. The van der Waals surface area contributed by atoms with Crippen molar-refractivity contribution in [2.75, 3.05) is 5.32 Å². The lowest BCUT2D eigenvalue weighted by atomic mass is 10.4. The molecule has 0 amide bonds. The molecule has 3 rings (SSSR count). The number of aryl methyl sites for hydroxylation is 2. The number of aromatic amines is 1. The van der Waals surface area contributed by atoms with Gasteiger partial charge in [-0.25, -0.2) is 15.0 Å². The zero-order chi connectivity index (χ0) is 13.4. The molecule has 2 N–H and O–H groups in total. The van der Waals surface area contributed by atoms with Crippen molar-refractivity contribution < 1.29 is 0 Å². The third-order valence-corrected chi connectivity index (χ3v) is 4.52. The van der Waals surface area contributed by atoms with Gasteiger partial charge in [0, 0.05) is 5.69 Å². The Hall–Kier alpha value is -1.47. The SMILES string of the molecule is Cc1nc(CNc2ncnc3cc(Br)sc23)[nH]c1C. The topological polar surface area (TPSA) is 66.5 Å². The molecule has 0 atom stereocenters. The summed E-state index contributed by atoms with van der Waals surface area (Å²) in [5.41, 5.74) is 3.08. The zero-order valence-electron chi connectivity index (χ0n) is 10.5. The Bertz CT molecular complexity index is 713. The van der Waals surface area contributed by atoms with Crippen LogP contribution in [0.4, 0.5) is 5.82 Å². The Morgan fingerprint density at radius 1 is 1.37 bits per heavy atom. The van der Waals surface area contributed by atoms with Gasteiger partial charge in [-0.2, -0.15) is 0 Å². The molecule has 3 aromatic rings. The second-order valence-corrected chi connectivity index (χ2v) is 6.67. The minimum absolute atomic E-state index is 0.621. The maximum absolute atomic E-state index is 4.44. The maximum atomic E-state index is 4.44. The molecule has 0 aliphatic carbocycles. The largest absolute Gasteiger partial charge is 0.362 e. The fraction of sp³-hybridized carbons (Fsp3) is 0.250. The van der Waals surface area contributed by atoms with E-state index < -0.39 is 0 Å². The van der Waals surface area contributed by atoms with Gasteiger partial charge in [-0.05, 0) is 35.8 Å². The minimum atomic E-state index is 0.621. The van der Waals surface area contributed by atoms with Crippen molar-refractivity contribution in [3.63, 3.8) is 0 Å². The average Bonchev–Trinajstić information content (AvgIpc) is 2.89. The van der Waals surface area contributed by atoms with Crippen molar-refractivity contribution in [2.24, 2.45) is 0 Å². The first-order chi connectivity index (χ1) is 9.13. The van der Waals surface area contributed by atoms with E-state index in [1.165, 1.54) is 0 Å². The van der Waals surface area contributed by atoms with Gasteiger partial charge in [0.2, 0.25) is 0 Å². The van der Waals surface area contributed by atoms with Crippen LogP contribution in [0.5, 0.6) is 0 Å². The molecule has 0 aliphatic rings. The Kier molecular flexibility index (Phi) is 3.24. The van der Waals surface area contributed by atoms with Crippen LogP contribution in [0.2, 0.25) is 0 Å². The number of hydrogen-bond donors (Lipinski definition) is 2. The summed E-state index contributed by atoms with van der Waals surface area (Å²) in [6.07, 6.45) is 1.57. The molecule has 0 saturated heterocycles. The van der Waals surface area contributed by atoms with E-state index in [-0.39, 0.29) is 0 Å². The quantitative estimate of drug-likeness (QED) is 0.768. The van der Waals surface area contributed by atoms with E-state index in [1.54, 1.807) is 17.7 Å². The number of imidazole rings is 1. The van der Waals surface area contributed by atoms with Crippen LogP contribution in [-0.2, 0) is 6.54 Å². The van der Waals surface area contributed by atoms with Gasteiger partial charge >= 0.3 is 0 Å². The van der Waals surface area contributed by atoms with E-state index in [9.17, 15) is 0 Å². The number of hydrogen-bond acceptors (Lipinski definition) is 5. The van der Waals surface area contributed by atoms with Crippen LogP contribution in [0.15, 0.2) is 16.2 Å². The van der Waals surface area contributed by atoms with E-state index >= 15 is 0 Å². The smallest absolute Gasteiger partial charge is 0.147 e. The summed E-state index contributed by atoms with van der Waals surface area (Å²) < 4.78 is 2.10. The molecule has 0 aliphatic heterocycles. The van der Waals surface area contributed by atoms with Crippen LogP contribution in [0.3, 0.4) is 0 Å². The molecule has 0 fully saturated rings. The molecule has 0 saturated carbocycles. The Balaban J connectivity index is 1.85. The first-order valence-electron chi connectivity index (χ1n) is 5.79. The van der Waals surface area contributed by atoms with E-state index in [2.05, 4.69) is 41.2 Å². The second-order valence-electron chi connectivity index (χ2n) is 4.23. The highest BCUT2D eigenvalue weighted by Gasteiger charge is 2.08. The predicted molar refractivity (Wildman–Crippen MR) is 80.5 cm³/mol. The molecule has 0 unspecified atom stereocenters. The van der Waals surface area contributed by atoms with Gasteiger partial charge in [-0.15, -0.1) is 11.3 Å². The lowest BCUT2D eigenvalue weighted by Gasteiger charge is -2.03. The number of nitrogens with zero attached hydrogens (tertiary/aromatic N) is 3. The Morgan fingerprint density at radius 3 is 2.95 bits per heavy atom. The minimum Gasteiger partial charge on any atom is -0.362 e. The fourth-order valence-corrected chi connectivity index (χ4v) is 3.33. The van der Waals surface area contributed by atoms with Crippen LogP contribution in [0.1, 0.15) is 17.2 Å². The first kappa shape index (κ1) is 12.6. The molecule has 7 heteroatoms. The highest BCUT2D eigenvalue weighted by Crippen LogP contribution is 2.32. The standard InChI is InChI=1S/C12H12BrN5S/c1-6-7(2)18-10(17-6)4-14-12-11-8(15-5-16-12)3-9(13)19-11/h3,5H,4H2,1-2H3,(H,17,18)(H,14,15,16). The molecule has 19 heavy (non-hydrogen) atoms. The van der Waals surface area contributed by atoms with E-state index in [1.807, 2.05) is 19.9 Å². The van der Waals surface area contributed by atoms with Gasteiger partial charge < -0.3 is 10.3 Å². The molecule has 0 aromatic carbocycles. The van der Waals surface area contributed by atoms with Crippen LogP contribution in [0.25, 0.3) is 10.2 Å². The number of fused-ring (bicyclic) bond motifs is 1. The fourth-order valence-electron chi connectivity index (χ4n) is 1.82. The number of thiophene rings is 1. The molecular formula is C12H12BrN5S. The normalized spacial score (nSPS) is 11.1. The van der Waals surface area contributed by atoms with Gasteiger partial charge in [0.05, 0.1) is 26.2 Å². The van der Waals surface area contributed by atoms with Crippen LogP contribution < -0.4 is 5.32 Å². The predicted octanol–water partition coefficient (Wildman–Crippen LogP) is 3.41. The lowest BCUT2D eigenvalue weighted by molar-refractivity contribution is 0.978. The van der Waals surface area contributed by atoms with Crippen molar-refractivity contribution in [2.45, 2.75) is 20.4 Å². The van der Waals surface area contributed by atoms with Crippen LogP contribution in [0, 0.1) is 13.8 Å². The molecule has 5 nitrogen and oxygen atoms in total. The number of H-pyrrole nitrogens is 1. The van der Waals surface area contributed by atoms with E-state index in [4.69, 9.17) is 0 Å². The summed E-state index contributed by atoms with van der Waals surface area (Å²) in [5, 5.41) is 3.30. The number of rotatable bonds is 3. The van der Waals surface area contributed by atoms with Crippen molar-refractivity contribution in [1.29, 1.82) is 0 Å². The van der Waals surface area contributed by atoms with Gasteiger partial charge in [0.1, 0.15) is 18.0 Å². The average molecular weight is 338 g/mol. The summed E-state index contributed by atoms with van der Waals surface area (Å²) in [6, 6.07) is 1.99. The van der Waals surface area contributed by atoms with E-state index in [0.717, 1.165) is 37.0 Å². The molecule has 3 aromatic heterocycles. The molecular weight excluding hydrogens is 326 g/mol. The summed E-state index contributed by atoms with van der Waals surface area (Å²) in [4.78, 5) is 16.2. The maximum Gasteiger partial charge on any atom is 0.147 e. The lowest BCUT2D eigenvalue weighted by Crippen LogP contribution is -2.03. The van der Waals surface area contributed by atoms with Gasteiger partial charge in [0.15, 0.2) is 0 Å². The third kappa shape index (κ3) is 2.48. The van der Waals surface area contributed by atoms with Crippen LogP contribution in [-0.4, -0.2) is 19.9 Å². The number of aromatic nitrogens is 4. The molecule has 98 valence electrons. The van der Waals surface area contributed by atoms with E-state index in [0.29, 0.717) is 6.54 Å². The molecule has 3 heterocycles. The van der Waals surface area contributed by atoms with Crippen molar-refractivity contribution in [3.05, 3.63) is 33.4 Å². The number of halogens is 1. The molecule has 0 radical (unpaired) electrons. The monoisotopic (exact) mass is 337 g/mol.